The molecule has 1 aliphatic rings. The van der Waals surface area contributed by atoms with Gasteiger partial charge in [0.1, 0.15) is 11.9 Å². The number of oxime groups is 1. The van der Waals surface area contributed by atoms with Gasteiger partial charge in [0.15, 0.2) is 0 Å². The Labute approximate surface area is 95.0 Å². The molecule has 0 spiro atoms. The summed E-state index contributed by atoms with van der Waals surface area (Å²) in [6.45, 7) is 0.631. The van der Waals surface area contributed by atoms with Crippen LogP contribution in [0, 0.1) is 0 Å². The maximum Gasteiger partial charge on any atom is 0.134 e. The smallest absolute Gasteiger partial charge is 0.134 e. The number of nitrogens with zero attached hydrogens (tertiary/aromatic N) is 1. The number of rotatable bonds is 4. The topological polar surface area (TPSA) is 56.8 Å². The van der Waals surface area contributed by atoms with E-state index in [0.717, 1.165) is 29.9 Å². The highest BCUT2D eigenvalue weighted by Gasteiger charge is 2.21. The molecule has 0 saturated carbocycles. The predicted molar refractivity (Wildman–Crippen MR) is 62.7 cm³/mol. The molecule has 0 amide bonds. The average molecular weight is 220 g/mol. The Kier molecular flexibility index (Phi) is 3.41. The third-order valence-corrected chi connectivity index (χ3v) is 2.62. The molecule has 0 aliphatic carbocycles. The van der Waals surface area contributed by atoms with E-state index in [2.05, 4.69) is 5.16 Å². The van der Waals surface area contributed by atoms with Gasteiger partial charge in [-0.15, -0.1) is 0 Å². The lowest BCUT2D eigenvalue weighted by atomic mass is 10.0. The van der Waals surface area contributed by atoms with Crippen molar-refractivity contribution < 1.29 is 9.57 Å². The minimum atomic E-state index is 0.131. The van der Waals surface area contributed by atoms with E-state index in [0.29, 0.717) is 6.54 Å². The van der Waals surface area contributed by atoms with Gasteiger partial charge in [0.25, 0.3) is 0 Å². The lowest BCUT2D eigenvalue weighted by Crippen LogP contribution is -2.14. The van der Waals surface area contributed by atoms with Gasteiger partial charge in [0.05, 0.1) is 12.8 Å². The molecule has 4 heteroatoms. The summed E-state index contributed by atoms with van der Waals surface area (Å²) < 4.78 is 5.17. The maximum absolute atomic E-state index is 5.49. The van der Waals surface area contributed by atoms with Gasteiger partial charge in [-0.1, -0.05) is 17.3 Å². The molecule has 1 aliphatic heterocycles. The van der Waals surface area contributed by atoms with Crippen LogP contribution in [0.4, 0.5) is 0 Å². The number of hydrogen-bond donors (Lipinski definition) is 1. The van der Waals surface area contributed by atoms with Crippen molar-refractivity contribution in [3.05, 3.63) is 29.8 Å². The van der Waals surface area contributed by atoms with Crippen LogP contribution < -0.4 is 10.5 Å². The Morgan fingerprint density at radius 2 is 2.44 bits per heavy atom. The largest absolute Gasteiger partial charge is 0.497 e. The Hall–Kier alpha value is -1.55. The van der Waals surface area contributed by atoms with Gasteiger partial charge in [-0.25, -0.2) is 0 Å². The number of nitrogens with two attached hydrogens (primary N) is 1. The summed E-state index contributed by atoms with van der Waals surface area (Å²) in [6.07, 6.45) is 1.80. The molecule has 2 N–H and O–H groups in total. The summed E-state index contributed by atoms with van der Waals surface area (Å²) in [5.74, 6) is 0.836. The Morgan fingerprint density at radius 3 is 3.19 bits per heavy atom. The molecular formula is C12H16N2O2. The van der Waals surface area contributed by atoms with Crippen LogP contribution in [0.15, 0.2) is 29.4 Å². The van der Waals surface area contributed by atoms with Crippen LogP contribution in [-0.4, -0.2) is 25.5 Å². The second-order valence-electron chi connectivity index (χ2n) is 3.78. The maximum atomic E-state index is 5.49. The van der Waals surface area contributed by atoms with Crippen molar-refractivity contribution >= 4 is 5.71 Å². The summed E-state index contributed by atoms with van der Waals surface area (Å²) in [5, 5.41) is 4.09. The van der Waals surface area contributed by atoms with Gasteiger partial charge in [0, 0.05) is 12.0 Å². The fourth-order valence-corrected chi connectivity index (χ4v) is 1.74. The molecule has 0 saturated heterocycles. The molecular weight excluding hydrogens is 204 g/mol. The van der Waals surface area contributed by atoms with E-state index in [-0.39, 0.29) is 6.10 Å². The molecule has 1 aromatic carbocycles. The summed E-state index contributed by atoms with van der Waals surface area (Å²) in [5.41, 5.74) is 7.51. The van der Waals surface area contributed by atoms with Gasteiger partial charge in [-0.3, -0.25) is 0 Å². The van der Waals surface area contributed by atoms with Crippen LogP contribution >= 0.6 is 0 Å². The third kappa shape index (κ3) is 2.33. The number of hydrogen-bond acceptors (Lipinski definition) is 4. The lowest BCUT2D eigenvalue weighted by Gasteiger charge is -2.05. The first kappa shape index (κ1) is 11.0. The standard InChI is InChI=1S/C12H16N2O2/c1-15-10-4-2-3-9(7-10)12-8-11(5-6-13)16-14-12/h2-4,7,11H,5-6,8,13H2,1H3. The SMILES string of the molecule is COc1cccc(C2=NOC(CCN)C2)c1. The second kappa shape index (κ2) is 4.99. The van der Waals surface area contributed by atoms with Crippen LogP contribution in [0.5, 0.6) is 5.75 Å². The van der Waals surface area contributed by atoms with Crippen molar-refractivity contribution in [1.82, 2.24) is 0 Å². The van der Waals surface area contributed by atoms with Crippen molar-refractivity contribution in [1.29, 1.82) is 0 Å². The molecule has 2 rings (SSSR count). The Balaban J connectivity index is 2.08. The summed E-state index contributed by atoms with van der Waals surface area (Å²) in [7, 11) is 1.66. The first-order valence-electron chi connectivity index (χ1n) is 5.40. The van der Waals surface area contributed by atoms with E-state index < -0.39 is 0 Å². The zero-order valence-corrected chi connectivity index (χ0v) is 9.35. The molecule has 0 fully saturated rings. The predicted octanol–water partition coefficient (Wildman–Crippen LogP) is 1.54. The van der Waals surface area contributed by atoms with E-state index in [4.69, 9.17) is 15.3 Å². The van der Waals surface area contributed by atoms with Crippen molar-refractivity contribution in [3.8, 4) is 5.75 Å². The highest BCUT2D eigenvalue weighted by atomic mass is 16.6. The molecule has 0 aromatic heterocycles. The first-order valence-corrected chi connectivity index (χ1v) is 5.40. The molecule has 0 radical (unpaired) electrons. The normalized spacial score (nSPS) is 19.1. The van der Waals surface area contributed by atoms with Gasteiger partial charge >= 0.3 is 0 Å². The van der Waals surface area contributed by atoms with Crippen LogP contribution in [0.1, 0.15) is 18.4 Å². The van der Waals surface area contributed by atoms with E-state index in [1.807, 2.05) is 24.3 Å². The molecule has 1 heterocycles. The third-order valence-electron chi connectivity index (χ3n) is 2.62. The molecule has 86 valence electrons. The van der Waals surface area contributed by atoms with Gasteiger partial charge in [0.2, 0.25) is 0 Å². The molecule has 1 unspecified atom stereocenters. The van der Waals surface area contributed by atoms with Gasteiger partial charge in [-0.2, -0.15) is 0 Å². The zero-order valence-electron chi connectivity index (χ0n) is 9.35. The highest BCUT2D eigenvalue weighted by Crippen LogP contribution is 2.21. The van der Waals surface area contributed by atoms with E-state index in [9.17, 15) is 0 Å². The van der Waals surface area contributed by atoms with E-state index in [1.54, 1.807) is 7.11 Å². The molecule has 1 aromatic rings. The van der Waals surface area contributed by atoms with Crippen molar-refractivity contribution in [2.75, 3.05) is 13.7 Å². The highest BCUT2D eigenvalue weighted by molar-refractivity contribution is 6.01. The first-order chi connectivity index (χ1) is 7.83. The van der Waals surface area contributed by atoms with Crippen LogP contribution in [-0.2, 0) is 4.84 Å². The summed E-state index contributed by atoms with van der Waals surface area (Å²) in [6, 6.07) is 7.84. The lowest BCUT2D eigenvalue weighted by molar-refractivity contribution is 0.0810. The van der Waals surface area contributed by atoms with Gasteiger partial charge in [-0.05, 0) is 25.1 Å². The number of methoxy groups -OCH3 is 1. The minimum absolute atomic E-state index is 0.131. The summed E-state index contributed by atoms with van der Waals surface area (Å²) >= 11 is 0. The van der Waals surface area contributed by atoms with E-state index in [1.165, 1.54) is 0 Å². The fraction of sp³-hybridized carbons (Fsp3) is 0.417. The Bertz CT molecular complexity index is 390. The van der Waals surface area contributed by atoms with Crippen molar-refractivity contribution in [3.63, 3.8) is 0 Å². The quantitative estimate of drug-likeness (QED) is 0.837. The molecule has 0 bridgehead atoms. The van der Waals surface area contributed by atoms with E-state index >= 15 is 0 Å². The summed E-state index contributed by atoms with van der Waals surface area (Å²) in [4.78, 5) is 5.30. The molecule has 16 heavy (non-hydrogen) atoms. The monoisotopic (exact) mass is 220 g/mol. The average Bonchev–Trinajstić information content (AvgIpc) is 2.78. The van der Waals surface area contributed by atoms with Crippen molar-refractivity contribution in [2.24, 2.45) is 10.9 Å². The number of ether oxygens (including phenoxy) is 1. The molecule has 1 atom stereocenters. The van der Waals surface area contributed by atoms with Crippen LogP contribution in [0.3, 0.4) is 0 Å². The fourth-order valence-electron chi connectivity index (χ4n) is 1.74. The minimum Gasteiger partial charge on any atom is -0.497 e. The Morgan fingerprint density at radius 1 is 1.56 bits per heavy atom. The van der Waals surface area contributed by atoms with Crippen molar-refractivity contribution in [2.45, 2.75) is 18.9 Å². The molecule has 4 nitrogen and oxygen atoms in total. The van der Waals surface area contributed by atoms with Crippen LogP contribution in [0.25, 0.3) is 0 Å². The second-order valence-corrected chi connectivity index (χ2v) is 3.78. The van der Waals surface area contributed by atoms with Gasteiger partial charge < -0.3 is 15.3 Å². The van der Waals surface area contributed by atoms with Crippen LogP contribution in [0.2, 0.25) is 0 Å². The number of benzene rings is 1. The zero-order chi connectivity index (χ0) is 11.4.